The quantitative estimate of drug-likeness (QED) is 0.711. The number of hydrogen-bond acceptors (Lipinski definition) is 2. The van der Waals surface area contributed by atoms with Crippen molar-refractivity contribution in [3.05, 3.63) is 71.7 Å². The van der Waals surface area contributed by atoms with Gasteiger partial charge < -0.3 is 0 Å². The number of benzene rings is 1. The molecule has 0 fully saturated rings. The summed E-state index contributed by atoms with van der Waals surface area (Å²) in [5.74, 6) is 0. The van der Waals surface area contributed by atoms with Crippen molar-refractivity contribution in [3.8, 4) is 0 Å². The van der Waals surface area contributed by atoms with Gasteiger partial charge in [0.05, 0.1) is 0 Å². The van der Waals surface area contributed by atoms with Crippen LogP contribution >= 0.6 is 21.6 Å². The fraction of sp³-hybridized carbons (Fsp3) is 0.143. The van der Waals surface area contributed by atoms with E-state index < -0.39 is 0 Å². The van der Waals surface area contributed by atoms with E-state index in [9.17, 15) is 0 Å². The van der Waals surface area contributed by atoms with Crippen molar-refractivity contribution in [2.45, 2.75) is 11.7 Å². The molecule has 2 rings (SSSR count). The molecule has 1 aliphatic heterocycles. The third-order valence-corrected chi connectivity index (χ3v) is 5.41. The summed E-state index contributed by atoms with van der Waals surface area (Å²) in [5.41, 5.74) is 2.71. The van der Waals surface area contributed by atoms with Crippen LogP contribution in [0, 0.1) is 0 Å². The molecule has 0 saturated carbocycles. The maximum Gasteiger partial charge on any atom is 0.0455 e. The van der Waals surface area contributed by atoms with E-state index in [4.69, 9.17) is 0 Å². The number of rotatable bonds is 4. The number of allylic oxidation sites excluding steroid dienone is 2. The second-order valence-electron chi connectivity index (χ2n) is 3.59. The van der Waals surface area contributed by atoms with Crippen LogP contribution in [0.2, 0.25) is 0 Å². The molecule has 1 aromatic rings. The minimum Gasteiger partial charge on any atom is -0.0987 e. The first kappa shape index (κ1) is 11.6. The van der Waals surface area contributed by atoms with Gasteiger partial charge in [0, 0.05) is 10.2 Å². The molecule has 0 bridgehead atoms. The van der Waals surface area contributed by atoms with Crippen molar-refractivity contribution in [3.63, 3.8) is 0 Å². The van der Waals surface area contributed by atoms with Gasteiger partial charge in [-0.15, -0.1) is 0 Å². The Hall–Kier alpha value is -0.860. The van der Waals surface area contributed by atoms with Gasteiger partial charge in [-0.05, 0) is 17.6 Å². The Labute approximate surface area is 105 Å². The predicted molar refractivity (Wildman–Crippen MR) is 76.5 cm³/mol. The highest BCUT2D eigenvalue weighted by Gasteiger charge is 2.23. The molecule has 1 atom stereocenters. The molecule has 0 saturated heterocycles. The van der Waals surface area contributed by atoms with E-state index in [0.29, 0.717) is 5.25 Å². The zero-order valence-electron chi connectivity index (χ0n) is 9.06. The van der Waals surface area contributed by atoms with Gasteiger partial charge in [0.25, 0.3) is 0 Å². The molecular weight excluding hydrogens is 232 g/mol. The lowest BCUT2D eigenvalue weighted by Crippen LogP contribution is -2.05. The lowest BCUT2D eigenvalue weighted by Gasteiger charge is -2.10. The van der Waals surface area contributed by atoms with Crippen LogP contribution in [-0.2, 0) is 6.42 Å². The average Bonchev–Trinajstić information content (AvgIpc) is 2.72. The van der Waals surface area contributed by atoms with E-state index in [-0.39, 0.29) is 0 Å². The summed E-state index contributed by atoms with van der Waals surface area (Å²) in [7, 11) is 3.71. The molecule has 82 valence electrons. The molecule has 1 aromatic carbocycles. The zero-order chi connectivity index (χ0) is 11.4. The molecule has 1 unspecified atom stereocenters. The van der Waals surface area contributed by atoms with E-state index in [1.807, 2.05) is 33.7 Å². The molecule has 1 aliphatic rings. The van der Waals surface area contributed by atoms with Crippen LogP contribution in [-0.4, -0.2) is 5.25 Å². The van der Waals surface area contributed by atoms with Crippen molar-refractivity contribution >= 4 is 21.6 Å². The second-order valence-corrected chi connectivity index (χ2v) is 6.03. The predicted octanol–water partition coefficient (Wildman–Crippen LogP) is 4.62. The summed E-state index contributed by atoms with van der Waals surface area (Å²) in [5, 5.41) is 0.512. The summed E-state index contributed by atoms with van der Waals surface area (Å²) in [6.07, 6.45) is 4.97. The molecule has 1 heterocycles. The molecule has 0 aromatic heterocycles. The first-order chi connectivity index (χ1) is 7.85. The van der Waals surface area contributed by atoms with Crippen molar-refractivity contribution in [2.24, 2.45) is 0 Å². The molecule has 0 N–H and O–H groups in total. The van der Waals surface area contributed by atoms with Gasteiger partial charge in [0.2, 0.25) is 0 Å². The third-order valence-electron chi connectivity index (χ3n) is 2.55. The highest BCUT2D eigenvalue weighted by Crippen LogP contribution is 2.48. The van der Waals surface area contributed by atoms with Crippen LogP contribution in [0.5, 0.6) is 0 Å². The van der Waals surface area contributed by atoms with Crippen LogP contribution < -0.4 is 0 Å². The lowest BCUT2D eigenvalue weighted by atomic mass is 10.0. The lowest BCUT2D eigenvalue weighted by molar-refractivity contribution is 0.993. The van der Waals surface area contributed by atoms with Gasteiger partial charge in [0.1, 0.15) is 0 Å². The highest BCUT2D eigenvalue weighted by molar-refractivity contribution is 8.79. The van der Waals surface area contributed by atoms with Gasteiger partial charge in [-0.2, -0.15) is 0 Å². The topological polar surface area (TPSA) is 0 Å². The van der Waals surface area contributed by atoms with Crippen molar-refractivity contribution in [1.29, 1.82) is 0 Å². The molecule has 0 aliphatic carbocycles. The molecular formula is C14H14S2. The minimum absolute atomic E-state index is 0.512. The summed E-state index contributed by atoms with van der Waals surface area (Å²) >= 11 is 0. The van der Waals surface area contributed by atoms with E-state index in [1.165, 1.54) is 16.0 Å². The van der Waals surface area contributed by atoms with Crippen LogP contribution in [0.25, 0.3) is 0 Å². The molecule has 0 amide bonds. The zero-order valence-corrected chi connectivity index (χ0v) is 10.7. The van der Waals surface area contributed by atoms with Gasteiger partial charge in [-0.3, -0.25) is 0 Å². The minimum atomic E-state index is 0.512. The summed E-state index contributed by atoms with van der Waals surface area (Å²) < 4.78 is 0. The third kappa shape index (κ3) is 2.45. The SMILES string of the molecule is C=CC1=C(C=C)C(Cc2ccccc2)SS1. The summed E-state index contributed by atoms with van der Waals surface area (Å²) in [4.78, 5) is 1.26. The van der Waals surface area contributed by atoms with E-state index in [0.717, 1.165) is 6.42 Å². The Morgan fingerprint density at radius 3 is 2.50 bits per heavy atom. The van der Waals surface area contributed by atoms with Gasteiger partial charge in [-0.25, -0.2) is 0 Å². The Bertz CT molecular complexity index is 418. The van der Waals surface area contributed by atoms with Gasteiger partial charge >= 0.3 is 0 Å². The van der Waals surface area contributed by atoms with Crippen LogP contribution in [0.1, 0.15) is 5.56 Å². The monoisotopic (exact) mass is 246 g/mol. The molecule has 0 nitrogen and oxygen atoms in total. The van der Waals surface area contributed by atoms with Crippen molar-refractivity contribution in [1.82, 2.24) is 0 Å². The molecule has 2 heteroatoms. The molecule has 0 spiro atoms. The van der Waals surface area contributed by atoms with Crippen molar-refractivity contribution in [2.75, 3.05) is 0 Å². The molecule has 0 radical (unpaired) electrons. The van der Waals surface area contributed by atoms with Gasteiger partial charge in [0.15, 0.2) is 0 Å². The first-order valence-corrected chi connectivity index (χ1v) is 7.42. The van der Waals surface area contributed by atoms with E-state index in [1.54, 1.807) is 0 Å². The maximum atomic E-state index is 3.90. The van der Waals surface area contributed by atoms with E-state index in [2.05, 4.69) is 43.5 Å². The highest BCUT2D eigenvalue weighted by atomic mass is 33.1. The van der Waals surface area contributed by atoms with Gasteiger partial charge in [-0.1, -0.05) is 77.2 Å². The standard InChI is InChI=1S/C14H14S2/c1-3-12-13(4-2)15-16-14(12)10-11-8-6-5-7-9-11/h3-9,14H,1-2,10H2. The molecule has 16 heavy (non-hydrogen) atoms. The Balaban J connectivity index is 2.15. The Morgan fingerprint density at radius 2 is 1.88 bits per heavy atom. The second kappa shape index (κ2) is 5.46. The first-order valence-electron chi connectivity index (χ1n) is 5.21. The van der Waals surface area contributed by atoms with Crippen LogP contribution in [0.4, 0.5) is 0 Å². The maximum absolute atomic E-state index is 3.90. The largest absolute Gasteiger partial charge is 0.0987 e. The van der Waals surface area contributed by atoms with Crippen LogP contribution in [0.3, 0.4) is 0 Å². The smallest absolute Gasteiger partial charge is 0.0455 e. The van der Waals surface area contributed by atoms with E-state index >= 15 is 0 Å². The fourth-order valence-corrected chi connectivity index (χ4v) is 4.66. The summed E-state index contributed by atoms with van der Waals surface area (Å²) in [6.45, 7) is 7.74. The number of hydrogen-bond donors (Lipinski definition) is 0. The normalized spacial score (nSPS) is 19.9. The Kier molecular flexibility index (Phi) is 3.97. The van der Waals surface area contributed by atoms with Crippen LogP contribution in [0.15, 0.2) is 66.1 Å². The fourth-order valence-electron chi connectivity index (χ4n) is 1.72. The summed E-state index contributed by atoms with van der Waals surface area (Å²) in [6, 6.07) is 10.6. The van der Waals surface area contributed by atoms with Crippen molar-refractivity contribution < 1.29 is 0 Å². The average molecular weight is 246 g/mol. The Morgan fingerprint density at radius 1 is 1.12 bits per heavy atom.